The lowest BCUT2D eigenvalue weighted by atomic mass is 10.1. The van der Waals surface area contributed by atoms with E-state index in [9.17, 15) is 9.18 Å². The van der Waals surface area contributed by atoms with Gasteiger partial charge in [0, 0.05) is 13.1 Å². The molecule has 27 heavy (non-hydrogen) atoms. The lowest BCUT2D eigenvalue weighted by Gasteiger charge is -2.27. The molecule has 1 aromatic carbocycles. The Hall–Kier alpha value is -2.52. The van der Waals surface area contributed by atoms with Gasteiger partial charge in [-0.25, -0.2) is 4.39 Å². The molecule has 0 spiro atoms. The lowest BCUT2D eigenvalue weighted by Crippen LogP contribution is -2.38. The van der Waals surface area contributed by atoms with E-state index in [0.717, 1.165) is 18.4 Å². The molecule has 3 heterocycles. The van der Waals surface area contributed by atoms with Crippen molar-refractivity contribution in [3.8, 4) is 0 Å². The first-order chi connectivity index (χ1) is 13.1. The SMILES string of the molecule is O=c1[nH]c(N2CCOCC2)nc2c1NN(c1c(F)cc(C3CC3)cc1Cl)N2. The van der Waals surface area contributed by atoms with Crippen molar-refractivity contribution < 1.29 is 9.13 Å². The molecule has 10 heteroatoms. The number of hydrogen-bond acceptors (Lipinski definition) is 7. The Balaban J connectivity index is 1.45. The zero-order valence-electron chi connectivity index (χ0n) is 14.4. The molecule has 2 aliphatic heterocycles. The molecule has 142 valence electrons. The minimum atomic E-state index is -0.456. The largest absolute Gasteiger partial charge is 0.378 e. The van der Waals surface area contributed by atoms with Crippen LogP contribution in [0, 0.1) is 5.82 Å². The summed E-state index contributed by atoms with van der Waals surface area (Å²) >= 11 is 6.33. The molecule has 1 aliphatic carbocycles. The van der Waals surface area contributed by atoms with Crippen molar-refractivity contribution >= 4 is 34.7 Å². The third-order valence-corrected chi connectivity index (χ3v) is 5.26. The summed E-state index contributed by atoms with van der Waals surface area (Å²) in [5, 5.41) is 1.57. The van der Waals surface area contributed by atoms with E-state index in [-0.39, 0.29) is 22.0 Å². The van der Waals surface area contributed by atoms with Crippen molar-refractivity contribution in [3.63, 3.8) is 0 Å². The van der Waals surface area contributed by atoms with Crippen molar-refractivity contribution in [2.24, 2.45) is 0 Å². The summed E-state index contributed by atoms with van der Waals surface area (Å²) in [5.74, 6) is 0.709. The fourth-order valence-electron chi connectivity index (χ4n) is 3.38. The first-order valence-electron chi connectivity index (χ1n) is 8.89. The Kier molecular flexibility index (Phi) is 3.87. The first kappa shape index (κ1) is 16.6. The molecule has 0 unspecified atom stereocenters. The van der Waals surface area contributed by atoms with Gasteiger partial charge < -0.3 is 9.64 Å². The number of aromatic nitrogens is 2. The highest BCUT2D eigenvalue weighted by atomic mass is 35.5. The zero-order valence-corrected chi connectivity index (χ0v) is 15.1. The van der Waals surface area contributed by atoms with E-state index >= 15 is 0 Å². The highest BCUT2D eigenvalue weighted by Gasteiger charge is 2.31. The summed E-state index contributed by atoms with van der Waals surface area (Å²) in [6, 6.07) is 3.28. The van der Waals surface area contributed by atoms with Gasteiger partial charge in [0.1, 0.15) is 5.69 Å². The zero-order chi connectivity index (χ0) is 18.5. The standard InChI is InChI=1S/C17H18ClFN6O2/c18-11-7-10(9-1-2-9)8-12(19)14(11)25-22-13-15(23-25)20-17(21-16(13)26)24-3-5-27-6-4-24/h7-9,22H,1-6H2,(H2,20,21,23,26). The van der Waals surface area contributed by atoms with E-state index in [4.69, 9.17) is 16.3 Å². The second kappa shape index (κ2) is 6.28. The number of benzene rings is 1. The summed E-state index contributed by atoms with van der Waals surface area (Å²) in [6.45, 7) is 2.43. The van der Waals surface area contributed by atoms with Gasteiger partial charge in [-0.1, -0.05) is 11.6 Å². The van der Waals surface area contributed by atoms with Gasteiger partial charge in [0.15, 0.2) is 17.3 Å². The Bertz CT molecular complexity index is 934. The second-order valence-corrected chi connectivity index (χ2v) is 7.29. The summed E-state index contributed by atoms with van der Waals surface area (Å²) in [4.78, 5) is 21.6. The molecule has 1 saturated carbocycles. The molecule has 0 atom stereocenters. The summed E-state index contributed by atoms with van der Waals surface area (Å²) in [5.41, 5.74) is 6.68. The minimum absolute atomic E-state index is 0.131. The van der Waals surface area contributed by atoms with Crippen LogP contribution in [-0.4, -0.2) is 36.3 Å². The molecule has 2 aromatic rings. The van der Waals surface area contributed by atoms with E-state index in [1.807, 2.05) is 4.90 Å². The third kappa shape index (κ3) is 2.96. The molecule has 3 aliphatic rings. The number of hydrogen-bond donors (Lipinski definition) is 3. The fraction of sp³-hybridized carbons (Fsp3) is 0.412. The van der Waals surface area contributed by atoms with Crippen LogP contribution in [0.2, 0.25) is 5.02 Å². The molecular formula is C17H18ClFN6O2. The Labute approximate surface area is 159 Å². The van der Waals surface area contributed by atoms with Crippen molar-refractivity contribution in [1.82, 2.24) is 9.97 Å². The van der Waals surface area contributed by atoms with Crippen LogP contribution in [0.15, 0.2) is 16.9 Å². The minimum Gasteiger partial charge on any atom is -0.378 e. The van der Waals surface area contributed by atoms with Gasteiger partial charge in [-0.3, -0.25) is 20.6 Å². The van der Waals surface area contributed by atoms with Crippen LogP contribution >= 0.6 is 11.6 Å². The van der Waals surface area contributed by atoms with Crippen LogP contribution < -0.4 is 26.4 Å². The van der Waals surface area contributed by atoms with Crippen molar-refractivity contribution in [2.75, 3.05) is 47.2 Å². The summed E-state index contributed by atoms with van der Waals surface area (Å²) in [7, 11) is 0. The molecular weight excluding hydrogens is 375 g/mol. The van der Waals surface area contributed by atoms with Gasteiger partial charge in [0.05, 0.1) is 18.2 Å². The maximum atomic E-state index is 14.7. The normalized spacial score (nSPS) is 18.9. The average Bonchev–Trinajstić information content (AvgIpc) is 3.42. The number of hydrazine groups is 2. The van der Waals surface area contributed by atoms with Crippen molar-refractivity contribution in [2.45, 2.75) is 18.8 Å². The number of nitrogens with zero attached hydrogens (tertiary/aromatic N) is 3. The molecule has 8 nitrogen and oxygen atoms in total. The van der Waals surface area contributed by atoms with E-state index in [1.165, 1.54) is 11.2 Å². The smallest absolute Gasteiger partial charge is 0.279 e. The van der Waals surface area contributed by atoms with Crippen LogP contribution in [0.5, 0.6) is 0 Å². The van der Waals surface area contributed by atoms with Gasteiger partial charge in [0.25, 0.3) is 5.56 Å². The lowest BCUT2D eigenvalue weighted by molar-refractivity contribution is 0.122. The number of fused-ring (bicyclic) bond motifs is 1. The molecule has 0 radical (unpaired) electrons. The van der Waals surface area contributed by atoms with Crippen LogP contribution in [0.25, 0.3) is 0 Å². The van der Waals surface area contributed by atoms with Gasteiger partial charge in [-0.2, -0.15) is 10.1 Å². The predicted molar refractivity (Wildman–Crippen MR) is 101 cm³/mol. The molecule has 0 bridgehead atoms. The van der Waals surface area contributed by atoms with Gasteiger partial charge >= 0.3 is 0 Å². The molecule has 5 rings (SSSR count). The van der Waals surface area contributed by atoms with E-state index < -0.39 is 5.82 Å². The molecule has 3 N–H and O–H groups in total. The third-order valence-electron chi connectivity index (χ3n) is 4.97. The van der Waals surface area contributed by atoms with Gasteiger partial charge in [0.2, 0.25) is 5.95 Å². The van der Waals surface area contributed by atoms with E-state index in [2.05, 4.69) is 20.8 Å². The molecule has 1 aromatic heterocycles. The number of morpholine rings is 1. The maximum Gasteiger partial charge on any atom is 0.279 e. The summed E-state index contributed by atoms with van der Waals surface area (Å²) in [6.07, 6.45) is 2.12. The second-order valence-electron chi connectivity index (χ2n) is 6.88. The Morgan fingerprint density at radius 3 is 2.70 bits per heavy atom. The van der Waals surface area contributed by atoms with Gasteiger partial charge in [-0.15, -0.1) is 0 Å². The van der Waals surface area contributed by atoms with Crippen molar-refractivity contribution in [1.29, 1.82) is 0 Å². The number of anilines is 4. The molecule has 0 amide bonds. The predicted octanol–water partition coefficient (Wildman–Crippen LogP) is 2.45. The fourth-order valence-corrected chi connectivity index (χ4v) is 3.68. The molecule has 1 saturated heterocycles. The van der Waals surface area contributed by atoms with Crippen LogP contribution in [0.3, 0.4) is 0 Å². The number of rotatable bonds is 3. The number of halogens is 2. The number of H-pyrrole nitrogens is 1. The van der Waals surface area contributed by atoms with Crippen LogP contribution in [0.1, 0.15) is 24.3 Å². The average molecular weight is 393 g/mol. The van der Waals surface area contributed by atoms with Gasteiger partial charge in [-0.05, 0) is 36.5 Å². The Morgan fingerprint density at radius 2 is 2.00 bits per heavy atom. The Morgan fingerprint density at radius 1 is 1.22 bits per heavy atom. The topological polar surface area (TPSA) is 85.5 Å². The molecule has 2 fully saturated rings. The number of ether oxygens (including phenoxy) is 1. The van der Waals surface area contributed by atoms with Crippen LogP contribution in [0.4, 0.5) is 27.5 Å². The highest BCUT2D eigenvalue weighted by molar-refractivity contribution is 6.33. The maximum absolute atomic E-state index is 14.7. The number of aromatic amines is 1. The van der Waals surface area contributed by atoms with Crippen LogP contribution in [-0.2, 0) is 4.74 Å². The number of nitrogens with one attached hydrogen (secondary N) is 3. The summed E-state index contributed by atoms with van der Waals surface area (Å²) < 4.78 is 20.0. The van der Waals surface area contributed by atoms with E-state index in [0.29, 0.717) is 44.0 Å². The quantitative estimate of drug-likeness (QED) is 0.739. The first-order valence-corrected chi connectivity index (χ1v) is 9.27. The highest BCUT2D eigenvalue weighted by Crippen LogP contribution is 2.43. The monoisotopic (exact) mass is 392 g/mol. The van der Waals surface area contributed by atoms with Crippen molar-refractivity contribution in [3.05, 3.63) is 38.9 Å². The van der Waals surface area contributed by atoms with E-state index in [1.54, 1.807) is 6.07 Å².